The van der Waals surface area contributed by atoms with Crippen molar-refractivity contribution in [3.8, 4) is 5.75 Å². The summed E-state index contributed by atoms with van der Waals surface area (Å²) in [6.45, 7) is 0.715. The van der Waals surface area contributed by atoms with Gasteiger partial charge in [-0.15, -0.1) is 0 Å². The third-order valence-electron chi connectivity index (χ3n) is 3.90. The Bertz CT molecular complexity index is 687. The average Bonchev–Trinajstić information content (AvgIpc) is 2.66. The molecule has 25 heavy (non-hydrogen) atoms. The van der Waals surface area contributed by atoms with Gasteiger partial charge in [0, 0.05) is 19.0 Å². The fraction of sp³-hybridized carbons (Fsp3) is 0.263. The third kappa shape index (κ3) is 5.61. The number of amides is 3. The number of nitrogens with two attached hydrogens (primary N) is 1. The Morgan fingerprint density at radius 2 is 1.76 bits per heavy atom. The van der Waals surface area contributed by atoms with Crippen LogP contribution >= 0.6 is 0 Å². The van der Waals surface area contributed by atoms with Crippen molar-refractivity contribution >= 4 is 11.9 Å². The summed E-state index contributed by atoms with van der Waals surface area (Å²) in [6.07, 6.45) is 0.806. The minimum absolute atomic E-state index is 0.333. The van der Waals surface area contributed by atoms with Gasteiger partial charge < -0.3 is 15.4 Å². The van der Waals surface area contributed by atoms with Crippen molar-refractivity contribution in [2.45, 2.75) is 12.5 Å². The molecule has 0 saturated heterocycles. The van der Waals surface area contributed by atoms with E-state index in [2.05, 4.69) is 10.6 Å². The van der Waals surface area contributed by atoms with Crippen molar-refractivity contribution in [1.29, 1.82) is 0 Å². The van der Waals surface area contributed by atoms with Crippen molar-refractivity contribution < 1.29 is 19.6 Å². The van der Waals surface area contributed by atoms with E-state index >= 15 is 0 Å². The Balaban J connectivity index is 2.00. The highest BCUT2D eigenvalue weighted by Crippen LogP contribution is 2.12. The monoisotopic (exact) mass is 342 g/mol. The van der Waals surface area contributed by atoms with E-state index < -0.39 is 12.1 Å². The van der Waals surface area contributed by atoms with Gasteiger partial charge in [-0.05, 0) is 17.7 Å². The van der Waals surface area contributed by atoms with Gasteiger partial charge in [0.25, 0.3) is 5.91 Å². The first-order valence-electron chi connectivity index (χ1n) is 8.18. The summed E-state index contributed by atoms with van der Waals surface area (Å²) in [5, 5.41) is 6.70. The van der Waals surface area contributed by atoms with Crippen LogP contribution < -0.4 is 20.7 Å². The Kier molecular flexibility index (Phi) is 6.98. The number of nitrogens with one attached hydrogen (secondary N) is 2. The van der Waals surface area contributed by atoms with E-state index in [0.717, 1.165) is 23.3 Å². The zero-order valence-electron chi connectivity index (χ0n) is 14.5. The lowest BCUT2D eigenvalue weighted by molar-refractivity contribution is -0.682. The molecule has 0 spiro atoms. The Morgan fingerprint density at radius 3 is 2.36 bits per heavy atom. The van der Waals surface area contributed by atoms with E-state index in [1.54, 1.807) is 7.11 Å². The van der Waals surface area contributed by atoms with E-state index in [4.69, 9.17) is 4.74 Å². The fourth-order valence-corrected chi connectivity index (χ4v) is 2.52. The van der Waals surface area contributed by atoms with E-state index in [1.165, 1.54) is 7.05 Å². The summed E-state index contributed by atoms with van der Waals surface area (Å²) in [6, 6.07) is 16.3. The molecule has 3 amide bonds. The molecular weight excluding hydrogens is 318 g/mol. The van der Waals surface area contributed by atoms with Crippen LogP contribution in [0.1, 0.15) is 17.2 Å². The number of rotatable bonds is 7. The number of hydrogen-bond acceptors (Lipinski definition) is 3. The minimum atomic E-state index is -0.505. The normalized spacial score (nSPS) is 11.4. The first-order valence-corrected chi connectivity index (χ1v) is 8.18. The molecule has 2 aromatic carbocycles. The zero-order valence-corrected chi connectivity index (χ0v) is 14.5. The van der Waals surface area contributed by atoms with E-state index in [-0.39, 0.29) is 5.91 Å². The van der Waals surface area contributed by atoms with Gasteiger partial charge in [0.2, 0.25) is 0 Å². The lowest BCUT2D eigenvalue weighted by Crippen LogP contribution is -2.88. The maximum atomic E-state index is 12.4. The molecule has 0 radical (unpaired) electrons. The van der Waals surface area contributed by atoms with Gasteiger partial charge >= 0.3 is 6.03 Å². The predicted molar refractivity (Wildman–Crippen MR) is 95.3 cm³/mol. The topological polar surface area (TPSA) is 84.0 Å². The number of methoxy groups -OCH3 is 1. The van der Waals surface area contributed by atoms with Gasteiger partial charge in [-0.25, -0.2) is 4.79 Å². The predicted octanol–water partition coefficient (Wildman–Crippen LogP) is 0.998. The third-order valence-corrected chi connectivity index (χ3v) is 3.90. The van der Waals surface area contributed by atoms with Crippen molar-refractivity contribution in [2.75, 3.05) is 20.7 Å². The van der Waals surface area contributed by atoms with E-state index in [1.807, 2.05) is 59.9 Å². The maximum Gasteiger partial charge on any atom is 0.321 e. The lowest BCUT2D eigenvalue weighted by Gasteiger charge is -2.15. The molecule has 132 valence electrons. The molecule has 0 saturated carbocycles. The van der Waals surface area contributed by atoms with Crippen LogP contribution in [0.15, 0.2) is 54.6 Å². The minimum Gasteiger partial charge on any atom is -0.497 e. The Hall–Kier alpha value is -2.86. The van der Waals surface area contributed by atoms with Gasteiger partial charge in [0.15, 0.2) is 6.04 Å². The SMILES string of the molecule is CNC(=O)NC(=O)[C@H]([NH2+]CCc1ccc(OC)cc1)c1ccccc1. The van der Waals surface area contributed by atoms with Crippen LogP contribution in [0.2, 0.25) is 0 Å². The molecule has 0 aliphatic heterocycles. The van der Waals surface area contributed by atoms with Gasteiger partial charge in [0.1, 0.15) is 5.75 Å². The summed E-state index contributed by atoms with van der Waals surface area (Å²) in [5.41, 5.74) is 2.02. The highest BCUT2D eigenvalue weighted by atomic mass is 16.5. The quantitative estimate of drug-likeness (QED) is 0.702. The Morgan fingerprint density at radius 1 is 1.08 bits per heavy atom. The number of ether oxygens (including phenoxy) is 1. The molecule has 2 rings (SSSR count). The van der Waals surface area contributed by atoms with Gasteiger partial charge in [0.05, 0.1) is 13.7 Å². The van der Waals surface area contributed by atoms with Crippen molar-refractivity contribution in [2.24, 2.45) is 0 Å². The fourth-order valence-electron chi connectivity index (χ4n) is 2.52. The standard InChI is InChI=1S/C19H23N3O3/c1-20-19(24)22-18(23)17(15-6-4-3-5-7-15)21-13-12-14-8-10-16(25-2)11-9-14/h3-11,17,21H,12-13H2,1-2H3,(H2,20,22,23,24)/p+1/t17-/m1/s1. The summed E-state index contributed by atoms with van der Waals surface area (Å²) in [5.74, 6) is 0.486. The first kappa shape index (κ1) is 18.5. The number of carbonyl (C=O) groups is 2. The molecule has 1 atom stereocenters. The maximum absolute atomic E-state index is 12.4. The van der Waals surface area contributed by atoms with E-state index in [9.17, 15) is 9.59 Å². The summed E-state index contributed by atoms with van der Waals surface area (Å²) in [4.78, 5) is 23.9. The highest BCUT2D eigenvalue weighted by Gasteiger charge is 2.25. The number of imide groups is 1. The van der Waals surface area contributed by atoms with Gasteiger partial charge in [-0.3, -0.25) is 10.1 Å². The Labute approximate surface area is 147 Å². The molecule has 0 aromatic heterocycles. The average molecular weight is 342 g/mol. The molecule has 0 heterocycles. The zero-order chi connectivity index (χ0) is 18.1. The van der Waals surface area contributed by atoms with Crippen LogP contribution in [-0.4, -0.2) is 32.6 Å². The number of quaternary nitrogens is 1. The van der Waals surface area contributed by atoms with Gasteiger partial charge in [-0.1, -0.05) is 42.5 Å². The summed E-state index contributed by atoms with van der Waals surface area (Å²) < 4.78 is 5.15. The lowest BCUT2D eigenvalue weighted by atomic mass is 10.1. The van der Waals surface area contributed by atoms with Crippen LogP contribution in [-0.2, 0) is 11.2 Å². The number of urea groups is 1. The first-order chi connectivity index (χ1) is 12.1. The molecule has 6 nitrogen and oxygen atoms in total. The molecule has 4 N–H and O–H groups in total. The molecule has 0 aliphatic rings. The largest absolute Gasteiger partial charge is 0.497 e. The second-order valence-electron chi connectivity index (χ2n) is 5.58. The number of carbonyl (C=O) groups excluding carboxylic acids is 2. The second-order valence-corrected chi connectivity index (χ2v) is 5.58. The van der Waals surface area contributed by atoms with Crippen LogP contribution in [0, 0.1) is 0 Å². The van der Waals surface area contributed by atoms with E-state index in [0.29, 0.717) is 6.54 Å². The number of hydrogen-bond donors (Lipinski definition) is 3. The number of benzene rings is 2. The van der Waals surface area contributed by atoms with Crippen molar-refractivity contribution in [1.82, 2.24) is 10.6 Å². The molecule has 0 aliphatic carbocycles. The highest BCUT2D eigenvalue weighted by molar-refractivity contribution is 5.96. The molecule has 0 fully saturated rings. The molecule has 0 bridgehead atoms. The van der Waals surface area contributed by atoms with Crippen LogP contribution in [0.25, 0.3) is 0 Å². The van der Waals surface area contributed by atoms with Crippen LogP contribution in [0.3, 0.4) is 0 Å². The van der Waals surface area contributed by atoms with Crippen molar-refractivity contribution in [3.63, 3.8) is 0 Å². The molecule has 2 aromatic rings. The molecule has 6 heteroatoms. The van der Waals surface area contributed by atoms with Crippen LogP contribution in [0.5, 0.6) is 5.75 Å². The van der Waals surface area contributed by atoms with Crippen molar-refractivity contribution in [3.05, 3.63) is 65.7 Å². The second kappa shape index (κ2) is 9.44. The summed E-state index contributed by atoms with van der Waals surface area (Å²) >= 11 is 0. The summed E-state index contributed by atoms with van der Waals surface area (Å²) in [7, 11) is 3.12. The smallest absolute Gasteiger partial charge is 0.321 e. The van der Waals surface area contributed by atoms with Gasteiger partial charge in [-0.2, -0.15) is 0 Å². The van der Waals surface area contributed by atoms with Crippen LogP contribution in [0.4, 0.5) is 4.79 Å². The molecular formula is C19H24N3O3+. The molecule has 0 unspecified atom stereocenters.